The molecule has 1 saturated heterocycles. The van der Waals surface area contributed by atoms with Crippen molar-refractivity contribution in [1.29, 1.82) is 0 Å². The summed E-state index contributed by atoms with van der Waals surface area (Å²) in [6.07, 6.45) is -1.83. The molecule has 0 saturated carbocycles. The van der Waals surface area contributed by atoms with Crippen molar-refractivity contribution in [2.24, 2.45) is 0 Å². The first kappa shape index (κ1) is 8.45. The van der Waals surface area contributed by atoms with Crippen molar-refractivity contribution in [3.8, 4) is 0 Å². The third kappa shape index (κ3) is 1.50. The number of aliphatic hydroxyl groups excluding tert-OH is 2. The highest BCUT2D eigenvalue weighted by Crippen LogP contribution is 2.07. The van der Waals surface area contributed by atoms with E-state index in [4.69, 9.17) is 5.11 Å². The lowest BCUT2D eigenvalue weighted by Gasteiger charge is -2.13. The van der Waals surface area contributed by atoms with Gasteiger partial charge in [0.1, 0.15) is 12.1 Å². The maximum Gasteiger partial charge on any atom is 0.239 e. The summed E-state index contributed by atoms with van der Waals surface area (Å²) >= 11 is 0. The van der Waals surface area contributed by atoms with E-state index in [0.29, 0.717) is 0 Å². The van der Waals surface area contributed by atoms with Gasteiger partial charge in [0, 0.05) is 13.6 Å². The van der Waals surface area contributed by atoms with Gasteiger partial charge in [0.25, 0.3) is 0 Å². The Bertz CT molecular complexity index is 162. The molecule has 0 aromatic heterocycles. The molecule has 0 aromatic carbocycles. The Morgan fingerprint density at radius 2 is 2.27 bits per heavy atom. The van der Waals surface area contributed by atoms with E-state index in [1.54, 1.807) is 0 Å². The van der Waals surface area contributed by atoms with E-state index in [-0.39, 0.29) is 12.5 Å². The van der Waals surface area contributed by atoms with Crippen LogP contribution >= 0.6 is 0 Å². The smallest absolute Gasteiger partial charge is 0.239 e. The van der Waals surface area contributed by atoms with E-state index in [1.807, 2.05) is 0 Å². The summed E-state index contributed by atoms with van der Waals surface area (Å²) in [7, 11) is 1.49. The third-order valence-electron chi connectivity index (χ3n) is 1.81. The van der Waals surface area contributed by atoms with E-state index in [9.17, 15) is 9.90 Å². The number of likely N-dealkylation sites (N-methyl/N-ethyl adjacent to an activating group) is 1. The van der Waals surface area contributed by atoms with Gasteiger partial charge in [-0.25, -0.2) is 0 Å². The maximum absolute atomic E-state index is 10.9. The van der Waals surface area contributed by atoms with Crippen LogP contribution in [0.25, 0.3) is 0 Å². The molecule has 1 aliphatic heterocycles. The zero-order valence-electron chi connectivity index (χ0n) is 6.24. The summed E-state index contributed by atoms with van der Waals surface area (Å²) in [5.41, 5.74) is 0. The van der Waals surface area contributed by atoms with Crippen molar-refractivity contribution in [3.63, 3.8) is 0 Å². The predicted molar refractivity (Wildman–Crippen MR) is 37.9 cm³/mol. The number of nitrogens with one attached hydrogen (secondary N) is 2. The van der Waals surface area contributed by atoms with Crippen molar-refractivity contribution < 1.29 is 15.0 Å². The minimum Gasteiger partial charge on any atom is -0.389 e. The second kappa shape index (κ2) is 3.17. The molecule has 11 heavy (non-hydrogen) atoms. The number of aliphatic hydroxyl groups is 2. The van der Waals surface area contributed by atoms with Gasteiger partial charge in [-0.1, -0.05) is 0 Å². The topological polar surface area (TPSA) is 81.6 Å². The fraction of sp³-hybridized carbons (Fsp3) is 0.833. The van der Waals surface area contributed by atoms with Gasteiger partial charge in [0.15, 0.2) is 0 Å². The van der Waals surface area contributed by atoms with E-state index in [2.05, 4.69) is 10.6 Å². The first-order valence-corrected chi connectivity index (χ1v) is 3.48. The van der Waals surface area contributed by atoms with Crippen LogP contribution in [0.5, 0.6) is 0 Å². The van der Waals surface area contributed by atoms with Crippen LogP contribution in [0, 0.1) is 0 Å². The SMILES string of the molecule is CNC(=O)[C@H]1NC[C@@H](O)[C@@H]1O. The molecule has 1 aliphatic rings. The van der Waals surface area contributed by atoms with Gasteiger partial charge in [0.05, 0.1) is 6.10 Å². The largest absolute Gasteiger partial charge is 0.389 e. The van der Waals surface area contributed by atoms with Gasteiger partial charge in [-0.15, -0.1) is 0 Å². The number of carbonyl (C=O) groups is 1. The van der Waals surface area contributed by atoms with Gasteiger partial charge >= 0.3 is 0 Å². The minimum absolute atomic E-state index is 0.263. The number of carbonyl (C=O) groups excluding carboxylic acids is 1. The predicted octanol–water partition coefficient (Wildman–Crippen LogP) is -2.57. The van der Waals surface area contributed by atoms with E-state index < -0.39 is 18.2 Å². The molecule has 0 unspecified atom stereocenters. The van der Waals surface area contributed by atoms with Crippen LogP contribution in [0.2, 0.25) is 0 Å². The molecule has 0 spiro atoms. The molecular weight excluding hydrogens is 148 g/mol. The molecule has 4 N–H and O–H groups in total. The highest BCUT2D eigenvalue weighted by molar-refractivity contribution is 5.82. The number of hydrogen-bond acceptors (Lipinski definition) is 4. The summed E-state index contributed by atoms with van der Waals surface area (Å²) < 4.78 is 0. The molecule has 0 radical (unpaired) electrons. The Hall–Kier alpha value is -0.650. The molecule has 0 aliphatic carbocycles. The zero-order chi connectivity index (χ0) is 8.43. The molecule has 0 bridgehead atoms. The molecule has 1 amide bonds. The maximum atomic E-state index is 10.9. The molecular formula is C6H12N2O3. The molecule has 5 heteroatoms. The lowest BCUT2D eigenvalue weighted by molar-refractivity contribution is -0.125. The summed E-state index contributed by atoms with van der Waals surface area (Å²) in [5, 5.41) is 23.3. The average Bonchev–Trinajstić information content (AvgIpc) is 2.32. The molecule has 0 aromatic rings. The van der Waals surface area contributed by atoms with Crippen molar-refractivity contribution in [2.75, 3.05) is 13.6 Å². The minimum atomic E-state index is -0.991. The van der Waals surface area contributed by atoms with Crippen LogP contribution in [0.4, 0.5) is 0 Å². The highest BCUT2D eigenvalue weighted by atomic mass is 16.3. The quantitative estimate of drug-likeness (QED) is 0.340. The Morgan fingerprint density at radius 3 is 2.64 bits per heavy atom. The average molecular weight is 160 g/mol. The van der Waals surface area contributed by atoms with Crippen molar-refractivity contribution in [2.45, 2.75) is 18.2 Å². The van der Waals surface area contributed by atoms with Gasteiger partial charge < -0.3 is 20.8 Å². The Morgan fingerprint density at radius 1 is 1.64 bits per heavy atom. The molecule has 3 atom stereocenters. The monoisotopic (exact) mass is 160 g/mol. The highest BCUT2D eigenvalue weighted by Gasteiger charge is 2.37. The van der Waals surface area contributed by atoms with E-state index >= 15 is 0 Å². The fourth-order valence-corrected chi connectivity index (χ4v) is 1.11. The standard InChI is InChI=1S/C6H12N2O3/c1-7-6(11)4-5(10)3(9)2-8-4/h3-5,8-10H,2H2,1H3,(H,7,11)/t3-,4+,5+/m1/s1. The lowest BCUT2D eigenvalue weighted by atomic mass is 10.1. The second-order valence-corrected chi connectivity index (χ2v) is 2.56. The van der Waals surface area contributed by atoms with Crippen molar-refractivity contribution >= 4 is 5.91 Å². The van der Waals surface area contributed by atoms with Gasteiger partial charge in [-0.2, -0.15) is 0 Å². The van der Waals surface area contributed by atoms with Crippen LogP contribution in [0.15, 0.2) is 0 Å². The number of hydrogen-bond donors (Lipinski definition) is 4. The van der Waals surface area contributed by atoms with Crippen LogP contribution in [-0.4, -0.2) is 48.0 Å². The van der Waals surface area contributed by atoms with Crippen LogP contribution in [0.3, 0.4) is 0 Å². The Balaban J connectivity index is 2.54. The molecule has 1 fully saturated rings. The zero-order valence-corrected chi connectivity index (χ0v) is 6.24. The molecule has 64 valence electrons. The fourth-order valence-electron chi connectivity index (χ4n) is 1.11. The number of amides is 1. The normalized spacial score (nSPS) is 37.2. The summed E-state index contributed by atoms with van der Waals surface area (Å²) in [6, 6.07) is -0.671. The Kier molecular flexibility index (Phi) is 2.43. The van der Waals surface area contributed by atoms with E-state index in [0.717, 1.165) is 0 Å². The summed E-state index contributed by atoms with van der Waals surface area (Å²) in [6.45, 7) is 0.263. The summed E-state index contributed by atoms with van der Waals surface area (Å²) in [5.74, 6) is -0.297. The van der Waals surface area contributed by atoms with Crippen LogP contribution in [0.1, 0.15) is 0 Å². The number of rotatable bonds is 1. The van der Waals surface area contributed by atoms with E-state index in [1.165, 1.54) is 7.05 Å². The van der Waals surface area contributed by atoms with Gasteiger partial charge in [-0.05, 0) is 0 Å². The van der Waals surface area contributed by atoms with Gasteiger partial charge in [-0.3, -0.25) is 4.79 Å². The Labute approximate surface area is 64.4 Å². The van der Waals surface area contributed by atoms with Crippen molar-refractivity contribution in [1.82, 2.24) is 10.6 Å². The molecule has 1 rings (SSSR count). The third-order valence-corrected chi connectivity index (χ3v) is 1.81. The first-order valence-electron chi connectivity index (χ1n) is 3.48. The van der Waals surface area contributed by atoms with Gasteiger partial charge in [0.2, 0.25) is 5.91 Å². The van der Waals surface area contributed by atoms with Crippen LogP contribution < -0.4 is 10.6 Å². The first-order chi connectivity index (χ1) is 5.16. The number of β-amino-alcohol motifs (C(OH)–C–C–N with tert-alkyl or cyclic N) is 1. The second-order valence-electron chi connectivity index (χ2n) is 2.56. The lowest BCUT2D eigenvalue weighted by Crippen LogP contribution is -2.45. The molecule has 1 heterocycles. The summed E-state index contributed by atoms with van der Waals surface area (Å²) in [4.78, 5) is 10.9. The van der Waals surface area contributed by atoms with Crippen molar-refractivity contribution in [3.05, 3.63) is 0 Å². The molecule has 5 nitrogen and oxygen atoms in total. The van der Waals surface area contributed by atoms with Crippen LogP contribution in [-0.2, 0) is 4.79 Å².